The van der Waals surface area contributed by atoms with Crippen LogP contribution in [-0.4, -0.2) is 21.6 Å². The second-order valence-corrected chi connectivity index (χ2v) is 10.1. The summed E-state index contributed by atoms with van der Waals surface area (Å²) in [7, 11) is 0. The number of benzene rings is 4. The lowest BCUT2D eigenvalue weighted by Gasteiger charge is -2.14. The molecule has 0 aliphatic carbocycles. The van der Waals surface area contributed by atoms with Gasteiger partial charge in [0.1, 0.15) is 5.82 Å². The number of hydrogen-bond donors (Lipinski definition) is 2. The van der Waals surface area contributed by atoms with Crippen molar-refractivity contribution in [2.75, 3.05) is 0 Å². The van der Waals surface area contributed by atoms with Crippen LogP contribution in [-0.2, 0) is 13.1 Å². The van der Waals surface area contributed by atoms with E-state index in [1.807, 2.05) is 29.0 Å². The molecule has 0 atom stereocenters. The SMILES string of the molecule is N#Cc1cc(F)cc(-c2cc(C(=O)NCc3ccc(C(=O)O)cc3)c3c(ccn3Cc3cc(Cl)cc(Cl)c3)c2)c1. The van der Waals surface area contributed by atoms with Gasteiger partial charge in [-0.15, -0.1) is 0 Å². The molecule has 0 saturated carbocycles. The molecule has 0 unspecified atom stereocenters. The number of carboxylic acid groups (broad SMARTS) is 1. The summed E-state index contributed by atoms with van der Waals surface area (Å²) in [6.45, 7) is 0.548. The molecule has 5 aromatic rings. The number of aromatic nitrogens is 1. The largest absolute Gasteiger partial charge is 0.478 e. The maximum Gasteiger partial charge on any atom is 0.335 e. The molecule has 0 saturated heterocycles. The summed E-state index contributed by atoms with van der Waals surface area (Å²) in [5.41, 5.74) is 3.91. The maximum atomic E-state index is 14.3. The molecule has 6 nitrogen and oxygen atoms in total. The van der Waals surface area contributed by atoms with E-state index in [2.05, 4.69) is 5.32 Å². The average Bonchev–Trinajstić information content (AvgIpc) is 3.32. The average molecular weight is 572 g/mol. The Morgan fingerprint density at radius 3 is 2.27 bits per heavy atom. The quantitative estimate of drug-likeness (QED) is 0.214. The van der Waals surface area contributed by atoms with Gasteiger partial charge in [-0.1, -0.05) is 35.3 Å². The van der Waals surface area contributed by atoms with E-state index in [-0.39, 0.29) is 23.6 Å². The van der Waals surface area contributed by atoms with Gasteiger partial charge in [0, 0.05) is 34.7 Å². The molecule has 1 heterocycles. The molecule has 0 aliphatic rings. The highest BCUT2D eigenvalue weighted by atomic mass is 35.5. The first-order chi connectivity index (χ1) is 19.2. The Labute approximate surface area is 238 Å². The van der Waals surface area contributed by atoms with Crippen molar-refractivity contribution in [1.29, 1.82) is 5.26 Å². The van der Waals surface area contributed by atoms with E-state index in [9.17, 15) is 19.2 Å². The summed E-state index contributed by atoms with van der Waals surface area (Å²) >= 11 is 12.4. The van der Waals surface area contributed by atoms with Gasteiger partial charge >= 0.3 is 5.97 Å². The maximum absolute atomic E-state index is 14.3. The van der Waals surface area contributed by atoms with Gasteiger partial charge in [0.25, 0.3) is 5.91 Å². The second kappa shape index (κ2) is 11.2. The van der Waals surface area contributed by atoms with Gasteiger partial charge in [-0.2, -0.15) is 5.26 Å². The van der Waals surface area contributed by atoms with Crippen LogP contribution in [0.2, 0.25) is 10.0 Å². The Bertz CT molecular complexity index is 1800. The number of carbonyl (C=O) groups excluding carboxylic acids is 1. The minimum absolute atomic E-state index is 0.148. The van der Waals surface area contributed by atoms with Crippen LogP contribution >= 0.6 is 23.2 Å². The van der Waals surface area contributed by atoms with E-state index in [4.69, 9.17) is 28.3 Å². The number of nitrogens with one attached hydrogen (secondary N) is 1. The summed E-state index contributed by atoms with van der Waals surface area (Å²) < 4.78 is 16.2. The van der Waals surface area contributed by atoms with Gasteiger partial charge < -0.3 is 15.0 Å². The van der Waals surface area contributed by atoms with Crippen molar-refractivity contribution in [3.63, 3.8) is 0 Å². The van der Waals surface area contributed by atoms with Crippen molar-refractivity contribution in [2.45, 2.75) is 13.1 Å². The fourth-order valence-electron chi connectivity index (χ4n) is 4.58. The number of carboxylic acids is 1. The molecule has 5 rings (SSSR count). The zero-order valence-electron chi connectivity index (χ0n) is 20.8. The minimum Gasteiger partial charge on any atom is -0.478 e. The van der Waals surface area contributed by atoms with Gasteiger partial charge in [-0.25, -0.2) is 9.18 Å². The molecule has 0 radical (unpaired) electrons. The summed E-state index contributed by atoms with van der Waals surface area (Å²) in [5.74, 6) is -1.97. The summed E-state index contributed by atoms with van der Waals surface area (Å²) in [4.78, 5) is 24.7. The summed E-state index contributed by atoms with van der Waals surface area (Å²) in [6, 6.07) is 22.8. The molecule has 198 valence electrons. The topological polar surface area (TPSA) is 95.1 Å². The van der Waals surface area contributed by atoms with Gasteiger partial charge in [0.2, 0.25) is 0 Å². The van der Waals surface area contributed by atoms with Gasteiger partial charge in [-0.05, 0) is 89.0 Å². The minimum atomic E-state index is -1.03. The third-order valence-corrected chi connectivity index (χ3v) is 6.83. The molecule has 40 heavy (non-hydrogen) atoms. The molecule has 0 spiro atoms. The standard InChI is InChI=1S/C31H20Cl2FN3O3/c32-25-8-20(9-26(33)14-25)17-37-6-5-22-11-24(23-7-19(15-35)10-27(34)12-23)13-28(29(22)37)30(38)36-16-18-1-3-21(4-2-18)31(39)40/h1-14H,16-17H2,(H,36,38)(H,39,40). The number of carbonyl (C=O) groups is 2. The van der Waals surface area contributed by atoms with Crippen molar-refractivity contribution in [3.8, 4) is 17.2 Å². The lowest BCUT2D eigenvalue weighted by Crippen LogP contribution is -2.23. The second-order valence-electron chi connectivity index (χ2n) is 9.21. The molecule has 1 amide bonds. The molecule has 9 heteroatoms. The van der Waals surface area contributed by atoms with Crippen molar-refractivity contribution in [2.24, 2.45) is 0 Å². The van der Waals surface area contributed by atoms with Crippen LogP contribution in [0.3, 0.4) is 0 Å². The third kappa shape index (κ3) is 5.84. The molecule has 0 bridgehead atoms. The number of nitriles is 1. The Morgan fingerprint density at radius 2 is 1.60 bits per heavy atom. The van der Waals surface area contributed by atoms with E-state index in [0.29, 0.717) is 38.8 Å². The van der Waals surface area contributed by atoms with E-state index < -0.39 is 11.8 Å². The number of fused-ring (bicyclic) bond motifs is 1. The zero-order chi connectivity index (χ0) is 28.4. The number of hydrogen-bond acceptors (Lipinski definition) is 3. The Kier molecular flexibility index (Phi) is 7.56. The molecule has 0 aliphatic heterocycles. The first-order valence-electron chi connectivity index (χ1n) is 12.1. The highest BCUT2D eigenvalue weighted by Crippen LogP contribution is 2.31. The van der Waals surface area contributed by atoms with Crippen LogP contribution in [0.25, 0.3) is 22.0 Å². The third-order valence-electron chi connectivity index (χ3n) is 6.39. The molecule has 2 N–H and O–H groups in total. The van der Waals surface area contributed by atoms with Crippen LogP contribution in [0, 0.1) is 17.1 Å². The number of aromatic carboxylic acids is 1. The first kappa shape index (κ1) is 26.9. The van der Waals surface area contributed by atoms with Crippen molar-refractivity contribution >= 4 is 46.0 Å². The highest BCUT2D eigenvalue weighted by molar-refractivity contribution is 6.34. The number of nitrogens with zero attached hydrogens (tertiary/aromatic N) is 2. The molecular formula is C31H20Cl2FN3O3. The predicted molar refractivity (Wildman–Crippen MR) is 152 cm³/mol. The fraction of sp³-hybridized carbons (Fsp3) is 0.0645. The van der Waals surface area contributed by atoms with Gasteiger partial charge in [-0.3, -0.25) is 4.79 Å². The molecular weight excluding hydrogens is 552 g/mol. The van der Waals surface area contributed by atoms with E-state index in [1.165, 1.54) is 18.2 Å². The van der Waals surface area contributed by atoms with Gasteiger partial charge in [0.05, 0.1) is 28.3 Å². The van der Waals surface area contributed by atoms with Crippen LogP contribution in [0.1, 0.15) is 37.4 Å². The smallest absolute Gasteiger partial charge is 0.335 e. The van der Waals surface area contributed by atoms with E-state index in [0.717, 1.165) is 22.6 Å². The van der Waals surface area contributed by atoms with E-state index in [1.54, 1.807) is 42.5 Å². The number of halogens is 3. The van der Waals surface area contributed by atoms with Crippen molar-refractivity contribution < 1.29 is 19.1 Å². The van der Waals surface area contributed by atoms with Crippen molar-refractivity contribution in [1.82, 2.24) is 9.88 Å². The van der Waals surface area contributed by atoms with Crippen LogP contribution in [0.5, 0.6) is 0 Å². The zero-order valence-corrected chi connectivity index (χ0v) is 22.3. The Hall–Kier alpha value is -4.64. The van der Waals surface area contributed by atoms with Crippen LogP contribution in [0.4, 0.5) is 4.39 Å². The molecule has 0 fully saturated rings. The lowest BCUT2D eigenvalue weighted by atomic mass is 9.98. The predicted octanol–water partition coefficient (Wildman–Crippen LogP) is 7.30. The van der Waals surface area contributed by atoms with Gasteiger partial charge in [0.15, 0.2) is 0 Å². The Morgan fingerprint density at radius 1 is 0.900 bits per heavy atom. The van der Waals surface area contributed by atoms with Crippen LogP contribution < -0.4 is 5.32 Å². The van der Waals surface area contributed by atoms with E-state index >= 15 is 0 Å². The summed E-state index contributed by atoms with van der Waals surface area (Å²) in [5, 5.41) is 23.1. The molecule has 4 aromatic carbocycles. The monoisotopic (exact) mass is 571 g/mol. The fourth-order valence-corrected chi connectivity index (χ4v) is 5.15. The van der Waals surface area contributed by atoms with Crippen LogP contribution in [0.15, 0.2) is 85.1 Å². The normalized spacial score (nSPS) is 10.8. The Balaban J connectivity index is 1.56. The lowest BCUT2D eigenvalue weighted by molar-refractivity contribution is 0.0696. The molecule has 1 aromatic heterocycles. The highest BCUT2D eigenvalue weighted by Gasteiger charge is 2.18. The number of rotatable bonds is 7. The van der Waals surface area contributed by atoms with Crippen molar-refractivity contribution in [3.05, 3.63) is 129 Å². The number of amides is 1. The first-order valence-corrected chi connectivity index (χ1v) is 12.8. The summed E-state index contributed by atoms with van der Waals surface area (Å²) in [6.07, 6.45) is 1.84.